The van der Waals surface area contributed by atoms with Crippen molar-refractivity contribution in [3.8, 4) is 5.75 Å². The van der Waals surface area contributed by atoms with Gasteiger partial charge in [-0.2, -0.15) is 15.1 Å². The third-order valence-corrected chi connectivity index (χ3v) is 5.01. The molecule has 4 rings (SSSR count). The summed E-state index contributed by atoms with van der Waals surface area (Å²) in [5, 5.41) is 5.71. The van der Waals surface area contributed by atoms with Gasteiger partial charge in [-0.15, -0.1) is 0 Å². The summed E-state index contributed by atoms with van der Waals surface area (Å²) in [7, 11) is 1.86. The van der Waals surface area contributed by atoms with E-state index in [0.29, 0.717) is 23.4 Å². The highest BCUT2D eigenvalue weighted by molar-refractivity contribution is 6.30. The van der Waals surface area contributed by atoms with E-state index in [1.807, 2.05) is 31.3 Å². The summed E-state index contributed by atoms with van der Waals surface area (Å²) in [4.78, 5) is 13.6. The third-order valence-electron chi connectivity index (χ3n) is 4.75. The first-order valence-corrected chi connectivity index (χ1v) is 9.29. The Morgan fingerprint density at radius 1 is 1.11 bits per heavy atom. The number of rotatable bonds is 5. The lowest BCUT2D eigenvalue weighted by Gasteiger charge is -2.34. The number of nitrogens with zero attached hydrogens (tertiary/aromatic N) is 6. The molecule has 1 aliphatic heterocycles. The molecule has 27 heavy (non-hydrogen) atoms. The lowest BCUT2D eigenvalue weighted by atomic mass is 10.3. The summed E-state index contributed by atoms with van der Waals surface area (Å²) in [6.07, 6.45) is 1.70. The van der Waals surface area contributed by atoms with Crippen LogP contribution in [0.2, 0.25) is 5.02 Å². The van der Waals surface area contributed by atoms with Crippen LogP contribution in [0, 0.1) is 0 Å². The molecule has 0 unspecified atom stereocenters. The molecule has 0 atom stereocenters. The van der Waals surface area contributed by atoms with Crippen molar-refractivity contribution in [1.29, 1.82) is 0 Å². The second-order valence-corrected chi connectivity index (χ2v) is 6.98. The lowest BCUT2D eigenvalue weighted by Crippen LogP contribution is -2.48. The lowest BCUT2D eigenvalue weighted by molar-refractivity contribution is 0.200. The standard InChI is InChI=1S/C18H22ClN7O/c1-24-17-15(12-21-24)16(20)22-18(23-17)26-8-6-25(7-9-26)10-11-27-14-4-2-13(19)3-5-14/h2-5,12H,6-11H2,1H3,(H2,20,22,23). The van der Waals surface area contributed by atoms with Crippen molar-refractivity contribution in [2.45, 2.75) is 0 Å². The highest BCUT2D eigenvalue weighted by Crippen LogP contribution is 2.21. The maximum atomic E-state index is 6.07. The number of nitrogen functional groups attached to an aromatic ring is 1. The molecule has 0 aliphatic carbocycles. The molecule has 3 heterocycles. The Kier molecular flexibility index (Phi) is 5.00. The van der Waals surface area contributed by atoms with Crippen molar-refractivity contribution in [3.63, 3.8) is 0 Å². The number of aryl methyl sites for hydroxylation is 1. The first-order chi connectivity index (χ1) is 13.1. The highest BCUT2D eigenvalue weighted by Gasteiger charge is 2.20. The van der Waals surface area contributed by atoms with Crippen LogP contribution in [0.1, 0.15) is 0 Å². The molecule has 2 aromatic heterocycles. The molecule has 1 fully saturated rings. The molecule has 1 saturated heterocycles. The number of ether oxygens (including phenoxy) is 1. The predicted octanol–water partition coefficient (Wildman–Crippen LogP) is 1.80. The van der Waals surface area contributed by atoms with E-state index in [1.54, 1.807) is 10.9 Å². The number of piperazine rings is 1. The van der Waals surface area contributed by atoms with E-state index in [2.05, 4.69) is 24.9 Å². The Morgan fingerprint density at radius 2 is 1.85 bits per heavy atom. The third kappa shape index (κ3) is 3.91. The van der Waals surface area contributed by atoms with Crippen LogP contribution in [0.15, 0.2) is 30.5 Å². The van der Waals surface area contributed by atoms with Gasteiger partial charge in [0.2, 0.25) is 5.95 Å². The van der Waals surface area contributed by atoms with Gasteiger partial charge in [-0.3, -0.25) is 9.58 Å². The maximum absolute atomic E-state index is 6.07. The average Bonchev–Trinajstić information content (AvgIpc) is 3.05. The molecule has 8 nitrogen and oxygen atoms in total. The zero-order chi connectivity index (χ0) is 18.8. The van der Waals surface area contributed by atoms with Crippen LogP contribution in [-0.2, 0) is 7.05 Å². The number of hydrogen-bond donors (Lipinski definition) is 1. The zero-order valence-electron chi connectivity index (χ0n) is 15.2. The number of aromatic nitrogens is 4. The van der Waals surface area contributed by atoms with Gasteiger partial charge in [-0.25, -0.2) is 0 Å². The van der Waals surface area contributed by atoms with E-state index in [1.165, 1.54) is 0 Å². The van der Waals surface area contributed by atoms with E-state index in [-0.39, 0.29) is 0 Å². The van der Waals surface area contributed by atoms with Crippen LogP contribution < -0.4 is 15.4 Å². The molecule has 2 N–H and O–H groups in total. The number of hydrogen-bond acceptors (Lipinski definition) is 7. The van der Waals surface area contributed by atoms with Crippen molar-refractivity contribution in [1.82, 2.24) is 24.6 Å². The normalized spacial score (nSPS) is 15.4. The smallest absolute Gasteiger partial charge is 0.229 e. The van der Waals surface area contributed by atoms with Gasteiger partial charge >= 0.3 is 0 Å². The number of anilines is 2. The van der Waals surface area contributed by atoms with E-state index in [0.717, 1.165) is 49.5 Å². The molecular formula is C18H22ClN7O. The molecule has 3 aromatic rings. The van der Waals surface area contributed by atoms with Crippen LogP contribution in [0.5, 0.6) is 5.75 Å². The topological polar surface area (TPSA) is 85.3 Å². The molecule has 9 heteroatoms. The van der Waals surface area contributed by atoms with E-state index in [9.17, 15) is 0 Å². The minimum absolute atomic E-state index is 0.474. The first-order valence-electron chi connectivity index (χ1n) is 8.91. The van der Waals surface area contributed by atoms with E-state index >= 15 is 0 Å². The fraction of sp³-hybridized carbons (Fsp3) is 0.389. The van der Waals surface area contributed by atoms with Crippen molar-refractivity contribution in [2.75, 3.05) is 50.0 Å². The molecule has 142 valence electrons. The van der Waals surface area contributed by atoms with Crippen molar-refractivity contribution < 1.29 is 4.74 Å². The molecule has 1 aromatic carbocycles. The quantitative estimate of drug-likeness (QED) is 0.714. The second-order valence-electron chi connectivity index (χ2n) is 6.55. The summed E-state index contributed by atoms with van der Waals surface area (Å²) in [5.41, 5.74) is 6.83. The number of fused-ring (bicyclic) bond motifs is 1. The van der Waals surface area contributed by atoms with Crippen molar-refractivity contribution in [2.24, 2.45) is 7.05 Å². The zero-order valence-corrected chi connectivity index (χ0v) is 15.9. The maximum Gasteiger partial charge on any atom is 0.229 e. The minimum Gasteiger partial charge on any atom is -0.492 e. The van der Waals surface area contributed by atoms with Crippen molar-refractivity contribution >= 4 is 34.4 Å². The molecular weight excluding hydrogens is 366 g/mol. The van der Waals surface area contributed by atoms with Crippen LogP contribution >= 0.6 is 11.6 Å². The Bertz CT molecular complexity index is 919. The SMILES string of the molecule is Cn1ncc2c(N)nc(N3CCN(CCOc4ccc(Cl)cc4)CC3)nc21. The minimum atomic E-state index is 0.474. The van der Waals surface area contributed by atoms with Crippen LogP contribution in [0.3, 0.4) is 0 Å². The van der Waals surface area contributed by atoms with E-state index in [4.69, 9.17) is 22.1 Å². The summed E-state index contributed by atoms with van der Waals surface area (Å²) < 4.78 is 7.50. The molecule has 1 aliphatic rings. The predicted molar refractivity (Wildman–Crippen MR) is 106 cm³/mol. The number of nitrogens with two attached hydrogens (primary N) is 1. The number of halogens is 1. The molecule has 0 saturated carbocycles. The Labute approximate surface area is 162 Å². The van der Waals surface area contributed by atoms with Gasteiger partial charge in [0.05, 0.1) is 11.6 Å². The highest BCUT2D eigenvalue weighted by atomic mass is 35.5. The Balaban J connectivity index is 1.31. The average molecular weight is 388 g/mol. The van der Waals surface area contributed by atoms with Gasteiger partial charge < -0.3 is 15.4 Å². The molecule has 0 bridgehead atoms. The fourth-order valence-corrected chi connectivity index (χ4v) is 3.29. The van der Waals surface area contributed by atoms with Gasteiger partial charge in [-0.1, -0.05) is 11.6 Å². The fourth-order valence-electron chi connectivity index (χ4n) is 3.17. The first kappa shape index (κ1) is 17.8. The molecule has 0 amide bonds. The Hall–Kier alpha value is -2.58. The monoisotopic (exact) mass is 387 g/mol. The molecule has 0 spiro atoms. The van der Waals surface area contributed by atoms with Gasteiger partial charge in [-0.05, 0) is 24.3 Å². The van der Waals surface area contributed by atoms with Gasteiger partial charge in [0.25, 0.3) is 0 Å². The Morgan fingerprint density at radius 3 is 2.59 bits per heavy atom. The summed E-state index contributed by atoms with van der Waals surface area (Å²) >= 11 is 5.88. The summed E-state index contributed by atoms with van der Waals surface area (Å²) in [6.45, 7) is 5.08. The van der Waals surface area contributed by atoms with Crippen LogP contribution in [0.25, 0.3) is 11.0 Å². The van der Waals surface area contributed by atoms with Crippen LogP contribution in [0.4, 0.5) is 11.8 Å². The summed E-state index contributed by atoms with van der Waals surface area (Å²) in [6, 6.07) is 7.44. The molecule has 0 radical (unpaired) electrons. The van der Waals surface area contributed by atoms with Gasteiger partial charge in [0.15, 0.2) is 5.65 Å². The van der Waals surface area contributed by atoms with Crippen molar-refractivity contribution in [3.05, 3.63) is 35.5 Å². The second kappa shape index (κ2) is 7.58. The van der Waals surface area contributed by atoms with Gasteiger partial charge in [0, 0.05) is 44.8 Å². The van der Waals surface area contributed by atoms with Crippen LogP contribution in [-0.4, -0.2) is 64.0 Å². The number of benzene rings is 1. The summed E-state index contributed by atoms with van der Waals surface area (Å²) in [5.74, 6) is 1.98. The largest absolute Gasteiger partial charge is 0.492 e. The van der Waals surface area contributed by atoms with E-state index < -0.39 is 0 Å². The van der Waals surface area contributed by atoms with Gasteiger partial charge in [0.1, 0.15) is 18.2 Å².